The van der Waals surface area contributed by atoms with E-state index in [1.54, 1.807) is 12.4 Å². The van der Waals surface area contributed by atoms with E-state index in [0.29, 0.717) is 24.1 Å². The minimum absolute atomic E-state index is 0.0477. The molecule has 2 aliphatic rings. The second-order valence-electron chi connectivity index (χ2n) is 9.13. The summed E-state index contributed by atoms with van der Waals surface area (Å²) in [7, 11) is 0. The van der Waals surface area contributed by atoms with Crippen LogP contribution in [-0.2, 0) is 14.3 Å². The van der Waals surface area contributed by atoms with Crippen LogP contribution < -0.4 is 4.74 Å². The summed E-state index contributed by atoms with van der Waals surface area (Å²) in [6, 6.07) is 13.1. The van der Waals surface area contributed by atoms with E-state index in [9.17, 15) is 9.59 Å². The van der Waals surface area contributed by atoms with Crippen LogP contribution in [0.3, 0.4) is 0 Å². The molecule has 0 saturated carbocycles. The second-order valence-corrected chi connectivity index (χ2v) is 9.13. The van der Waals surface area contributed by atoms with Gasteiger partial charge in [0.25, 0.3) is 0 Å². The lowest BCUT2D eigenvalue weighted by Crippen LogP contribution is -2.39. The van der Waals surface area contributed by atoms with E-state index in [1.807, 2.05) is 49.4 Å². The Kier molecular flexibility index (Phi) is 6.21. The number of allylic oxidation sites excluding steroid dienone is 2. The Morgan fingerprint density at radius 3 is 2.59 bits per heavy atom. The number of para-hydroxylation sites is 1. The summed E-state index contributed by atoms with van der Waals surface area (Å²) in [6.45, 7) is 6.35. The highest BCUT2D eigenvalue weighted by Crippen LogP contribution is 2.47. The van der Waals surface area contributed by atoms with Gasteiger partial charge in [-0.1, -0.05) is 38.1 Å². The quantitative estimate of drug-likeness (QED) is 0.495. The van der Waals surface area contributed by atoms with Gasteiger partial charge in [0.2, 0.25) is 0 Å². The average molecular weight is 433 g/mol. The number of ketones is 1. The van der Waals surface area contributed by atoms with Crippen LogP contribution >= 0.6 is 0 Å². The van der Waals surface area contributed by atoms with Crippen LogP contribution in [-0.4, -0.2) is 35.7 Å². The monoisotopic (exact) mass is 432 g/mol. The van der Waals surface area contributed by atoms with Crippen molar-refractivity contribution in [1.29, 1.82) is 0 Å². The van der Waals surface area contributed by atoms with Gasteiger partial charge in [-0.25, -0.2) is 0 Å². The molecule has 166 valence electrons. The highest BCUT2D eigenvalue weighted by atomic mass is 16.6. The first-order chi connectivity index (χ1) is 15.4. The molecule has 0 amide bonds. The molecule has 2 heterocycles. The van der Waals surface area contributed by atoms with Crippen LogP contribution in [0.15, 0.2) is 71.1 Å². The smallest absolute Gasteiger partial charge is 0.315 e. The van der Waals surface area contributed by atoms with Gasteiger partial charge in [-0.05, 0) is 42.5 Å². The molecule has 6 heteroatoms. The molecule has 0 spiro atoms. The van der Waals surface area contributed by atoms with Crippen LogP contribution in [0.4, 0.5) is 0 Å². The molecule has 1 aromatic carbocycles. The zero-order valence-corrected chi connectivity index (χ0v) is 18.7. The molecular formula is C26H28N2O4. The number of pyridine rings is 1. The van der Waals surface area contributed by atoms with Gasteiger partial charge in [0.15, 0.2) is 5.78 Å². The summed E-state index contributed by atoms with van der Waals surface area (Å²) >= 11 is 0. The largest absolute Gasteiger partial charge is 0.490 e. The van der Waals surface area contributed by atoms with Gasteiger partial charge >= 0.3 is 5.97 Å². The van der Waals surface area contributed by atoms with Crippen LogP contribution in [0.2, 0.25) is 0 Å². The molecule has 1 aliphatic heterocycles. The number of ether oxygens (including phenoxy) is 2. The molecule has 0 radical (unpaired) electrons. The van der Waals surface area contributed by atoms with E-state index in [-0.39, 0.29) is 24.4 Å². The predicted octanol–water partition coefficient (Wildman–Crippen LogP) is 4.52. The number of hydrogen-bond acceptors (Lipinski definition) is 6. The number of carbonyl (C=O) groups excluding carboxylic acids is 2. The molecule has 0 saturated heterocycles. The van der Waals surface area contributed by atoms with Gasteiger partial charge in [0, 0.05) is 41.7 Å². The Morgan fingerprint density at radius 2 is 1.88 bits per heavy atom. The fourth-order valence-corrected chi connectivity index (χ4v) is 4.58. The van der Waals surface area contributed by atoms with Crippen molar-refractivity contribution in [2.45, 2.75) is 39.5 Å². The number of carbonyl (C=O) groups is 2. The molecular weight excluding hydrogens is 404 g/mol. The summed E-state index contributed by atoms with van der Waals surface area (Å²) in [5, 5.41) is 0. The van der Waals surface area contributed by atoms with Crippen LogP contribution in [0, 0.1) is 11.3 Å². The summed E-state index contributed by atoms with van der Waals surface area (Å²) in [5.41, 5.74) is 2.75. The van der Waals surface area contributed by atoms with Gasteiger partial charge in [0.1, 0.15) is 24.9 Å². The van der Waals surface area contributed by atoms with Gasteiger partial charge < -0.3 is 9.47 Å². The van der Waals surface area contributed by atoms with Crippen molar-refractivity contribution in [2.75, 3.05) is 13.2 Å². The highest BCUT2D eigenvalue weighted by Gasteiger charge is 2.46. The van der Waals surface area contributed by atoms with Crippen molar-refractivity contribution < 1.29 is 19.1 Å². The molecule has 0 bridgehead atoms. The Morgan fingerprint density at radius 1 is 1.09 bits per heavy atom. The molecule has 4 rings (SSSR count). The number of aliphatic imine (C=N–C) groups is 1. The lowest BCUT2D eigenvalue weighted by atomic mass is 9.67. The number of esters is 1. The predicted molar refractivity (Wildman–Crippen MR) is 122 cm³/mol. The maximum absolute atomic E-state index is 13.2. The molecule has 1 unspecified atom stereocenters. The van der Waals surface area contributed by atoms with Crippen molar-refractivity contribution in [3.05, 3.63) is 71.7 Å². The molecule has 2 atom stereocenters. The highest BCUT2D eigenvalue weighted by molar-refractivity contribution is 6.09. The summed E-state index contributed by atoms with van der Waals surface area (Å²) in [6.07, 6.45) is 4.54. The third-order valence-corrected chi connectivity index (χ3v) is 5.94. The second kappa shape index (κ2) is 9.07. The minimum atomic E-state index is -0.667. The number of rotatable bonds is 6. The Labute approximate surface area is 188 Å². The van der Waals surface area contributed by atoms with Gasteiger partial charge in [-0.2, -0.15) is 0 Å². The molecule has 1 aliphatic carbocycles. The van der Waals surface area contributed by atoms with Crippen LogP contribution in [0.1, 0.15) is 45.1 Å². The van der Waals surface area contributed by atoms with Crippen molar-refractivity contribution in [3.63, 3.8) is 0 Å². The third kappa shape index (κ3) is 4.64. The summed E-state index contributed by atoms with van der Waals surface area (Å²) in [4.78, 5) is 35.4. The van der Waals surface area contributed by atoms with E-state index in [1.165, 1.54) is 0 Å². The fourth-order valence-electron chi connectivity index (χ4n) is 4.58. The molecule has 2 aromatic rings. The minimum Gasteiger partial charge on any atom is -0.490 e. The fraction of sp³-hybridized carbons (Fsp3) is 0.385. The van der Waals surface area contributed by atoms with E-state index in [2.05, 4.69) is 18.8 Å². The molecule has 32 heavy (non-hydrogen) atoms. The molecule has 0 N–H and O–H groups in total. The zero-order valence-electron chi connectivity index (χ0n) is 18.7. The van der Waals surface area contributed by atoms with E-state index < -0.39 is 17.8 Å². The van der Waals surface area contributed by atoms with Crippen LogP contribution in [0.5, 0.6) is 5.75 Å². The topological polar surface area (TPSA) is 77.9 Å². The number of benzene rings is 1. The van der Waals surface area contributed by atoms with Gasteiger partial charge in [0.05, 0.1) is 0 Å². The SMILES string of the molecule is CC1=NC2=C(C(=O)CC(C)(C)C2)[C@@H](c2cccnc2)C1C(=O)OCCOc1ccccc1. The van der Waals surface area contributed by atoms with Crippen molar-refractivity contribution in [3.8, 4) is 5.75 Å². The standard InChI is InChI=1S/C26H28N2O4/c1-17-22(25(30)32-13-12-31-19-9-5-4-6-10-19)23(18-8-7-11-27-16-18)24-20(28-17)14-26(2,3)15-21(24)29/h4-11,16,22-23H,12-15H2,1-3H3/t22?,23-/m0/s1. The van der Waals surface area contributed by atoms with E-state index in [4.69, 9.17) is 14.5 Å². The van der Waals surface area contributed by atoms with Crippen LogP contribution in [0.25, 0.3) is 0 Å². The first-order valence-electron chi connectivity index (χ1n) is 10.9. The number of nitrogens with zero attached hydrogens (tertiary/aromatic N) is 2. The first-order valence-corrected chi connectivity index (χ1v) is 10.9. The summed E-state index contributed by atoms with van der Waals surface area (Å²) in [5.74, 6) is -0.743. The average Bonchev–Trinajstić information content (AvgIpc) is 2.76. The zero-order chi connectivity index (χ0) is 22.7. The van der Waals surface area contributed by atoms with Gasteiger partial charge in [-0.3, -0.25) is 19.6 Å². The molecule has 6 nitrogen and oxygen atoms in total. The van der Waals surface area contributed by atoms with Gasteiger partial charge in [-0.15, -0.1) is 0 Å². The maximum atomic E-state index is 13.2. The summed E-state index contributed by atoms with van der Waals surface area (Å²) < 4.78 is 11.2. The maximum Gasteiger partial charge on any atom is 0.315 e. The first kappa shape index (κ1) is 21.9. The van der Waals surface area contributed by atoms with Crippen molar-refractivity contribution in [1.82, 2.24) is 4.98 Å². The molecule has 0 fully saturated rings. The number of Topliss-reactive ketones (excluding diaryl/α,β-unsaturated/α-hetero) is 1. The Balaban J connectivity index is 1.56. The Bertz CT molecular complexity index is 1060. The molecule has 1 aromatic heterocycles. The normalized spacial score (nSPS) is 22.1. The van der Waals surface area contributed by atoms with Crippen molar-refractivity contribution in [2.24, 2.45) is 16.3 Å². The lowest BCUT2D eigenvalue weighted by Gasteiger charge is -2.38. The number of hydrogen-bond donors (Lipinski definition) is 0. The van der Waals surface area contributed by atoms with E-state index >= 15 is 0 Å². The number of aromatic nitrogens is 1. The van der Waals surface area contributed by atoms with E-state index in [0.717, 1.165) is 17.0 Å². The Hall–Kier alpha value is -3.28. The van der Waals surface area contributed by atoms with Crippen molar-refractivity contribution >= 4 is 17.5 Å². The third-order valence-electron chi connectivity index (χ3n) is 5.94. The lowest BCUT2D eigenvalue weighted by molar-refractivity contribution is -0.147.